The molecule has 0 aliphatic heterocycles. The van der Waals surface area contributed by atoms with Gasteiger partial charge in [-0.25, -0.2) is 5.43 Å². The molecule has 0 bridgehead atoms. The maximum Gasteiger partial charge on any atom is 0.240 e. The SMILES string of the molecule is CCCCCCCCCC(=O)N/N=C(/C)Cc1ccccc1. The van der Waals surface area contributed by atoms with Crippen molar-refractivity contribution in [2.75, 3.05) is 0 Å². The van der Waals surface area contributed by atoms with Crippen LogP contribution in [-0.4, -0.2) is 11.6 Å². The summed E-state index contributed by atoms with van der Waals surface area (Å²) in [6, 6.07) is 10.2. The lowest BCUT2D eigenvalue weighted by atomic mass is 10.1. The Morgan fingerprint density at radius 1 is 1.00 bits per heavy atom. The Hall–Kier alpha value is -1.64. The first-order valence-corrected chi connectivity index (χ1v) is 8.58. The number of carbonyl (C=O) groups is 1. The predicted octanol–water partition coefficient (Wildman–Crippen LogP) is 4.86. The Bertz CT molecular complexity index is 440. The van der Waals surface area contributed by atoms with Gasteiger partial charge >= 0.3 is 0 Å². The van der Waals surface area contributed by atoms with Gasteiger partial charge in [-0.15, -0.1) is 0 Å². The van der Waals surface area contributed by atoms with Gasteiger partial charge in [0, 0.05) is 18.6 Å². The van der Waals surface area contributed by atoms with Gasteiger partial charge < -0.3 is 0 Å². The van der Waals surface area contributed by atoms with E-state index in [4.69, 9.17) is 0 Å². The van der Waals surface area contributed by atoms with Crippen LogP contribution in [0.15, 0.2) is 35.4 Å². The first-order chi connectivity index (χ1) is 10.7. The van der Waals surface area contributed by atoms with Crippen molar-refractivity contribution in [3.63, 3.8) is 0 Å². The van der Waals surface area contributed by atoms with E-state index in [1.165, 1.54) is 37.7 Å². The Kier molecular flexibility index (Phi) is 10.0. The fraction of sp³-hybridized carbons (Fsp3) is 0.579. The standard InChI is InChI=1S/C19H30N2O/c1-3-4-5-6-7-8-12-15-19(22)21-20-17(2)16-18-13-10-9-11-14-18/h9-11,13-14H,3-8,12,15-16H2,1-2H3,(H,21,22)/b20-17-. The van der Waals surface area contributed by atoms with Crippen molar-refractivity contribution in [3.05, 3.63) is 35.9 Å². The smallest absolute Gasteiger partial charge is 0.240 e. The van der Waals surface area contributed by atoms with Gasteiger partial charge in [0.05, 0.1) is 0 Å². The average molecular weight is 302 g/mol. The molecule has 3 heteroatoms. The number of nitrogens with one attached hydrogen (secondary N) is 1. The fourth-order valence-corrected chi connectivity index (χ4v) is 2.39. The minimum atomic E-state index is 0.0287. The second kappa shape index (κ2) is 12.0. The van der Waals surface area contributed by atoms with E-state index in [9.17, 15) is 4.79 Å². The van der Waals surface area contributed by atoms with Gasteiger partial charge in [0.2, 0.25) is 5.91 Å². The van der Waals surface area contributed by atoms with E-state index >= 15 is 0 Å². The molecule has 1 aromatic carbocycles. The van der Waals surface area contributed by atoms with Crippen LogP contribution >= 0.6 is 0 Å². The van der Waals surface area contributed by atoms with Crippen LogP contribution in [0, 0.1) is 0 Å². The summed E-state index contributed by atoms with van der Waals surface area (Å²) < 4.78 is 0. The Morgan fingerprint density at radius 3 is 2.32 bits per heavy atom. The second-order valence-electron chi connectivity index (χ2n) is 5.92. The summed E-state index contributed by atoms with van der Waals surface area (Å²) in [5.74, 6) is 0.0287. The van der Waals surface area contributed by atoms with Gasteiger partial charge in [-0.05, 0) is 18.9 Å². The predicted molar refractivity (Wildman–Crippen MR) is 94.0 cm³/mol. The molecule has 1 aromatic rings. The molecule has 0 aliphatic carbocycles. The first-order valence-electron chi connectivity index (χ1n) is 8.58. The van der Waals surface area contributed by atoms with Crippen molar-refractivity contribution >= 4 is 11.6 Å². The zero-order valence-electron chi connectivity index (χ0n) is 14.1. The normalized spacial score (nSPS) is 11.5. The molecule has 1 amide bonds. The topological polar surface area (TPSA) is 41.5 Å². The van der Waals surface area contributed by atoms with Crippen LogP contribution in [0.25, 0.3) is 0 Å². The van der Waals surface area contributed by atoms with Crippen molar-refractivity contribution in [2.45, 2.75) is 71.6 Å². The number of hydrogen-bond acceptors (Lipinski definition) is 2. The molecule has 0 fully saturated rings. The van der Waals surface area contributed by atoms with Gasteiger partial charge in [-0.1, -0.05) is 75.8 Å². The molecule has 0 unspecified atom stereocenters. The van der Waals surface area contributed by atoms with E-state index in [1.807, 2.05) is 25.1 Å². The summed E-state index contributed by atoms with van der Waals surface area (Å²) in [5.41, 5.74) is 4.81. The fourth-order valence-electron chi connectivity index (χ4n) is 2.39. The van der Waals surface area contributed by atoms with Gasteiger partial charge in [-0.2, -0.15) is 5.10 Å². The van der Waals surface area contributed by atoms with Crippen LogP contribution in [0.5, 0.6) is 0 Å². The lowest BCUT2D eigenvalue weighted by Gasteiger charge is -2.03. The molecule has 22 heavy (non-hydrogen) atoms. The molecular formula is C19H30N2O. The first kappa shape index (κ1) is 18.4. The highest BCUT2D eigenvalue weighted by Gasteiger charge is 2.01. The molecule has 0 spiro atoms. The Morgan fingerprint density at radius 2 is 1.64 bits per heavy atom. The number of amides is 1. The minimum Gasteiger partial charge on any atom is -0.273 e. The van der Waals surface area contributed by atoms with Gasteiger partial charge in [0.15, 0.2) is 0 Å². The Balaban J connectivity index is 2.10. The van der Waals surface area contributed by atoms with Crippen LogP contribution < -0.4 is 5.43 Å². The third-order valence-corrected chi connectivity index (χ3v) is 3.68. The van der Waals surface area contributed by atoms with Crippen LogP contribution in [0.3, 0.4) is 0 Å². The summed E-state index contributed by atoms with van der Waals surface area (Å²) in [6.45, 7) is 4.17. The number of hydrazone groups is 1. The number of rotatable bonds is 11. The molecule has 0 radical (unpaired) electrons. The largest absolute Gasteiger partial charge is 0.273 e. The summed E-state index contributed by atoms with van der Waals surface area (Å²) in [4.78, 5) is 11.7. The van der Waals surface area contributed by atoms with Crippen LogP contribution in [0.4, 0.5) is 0 Å². The van der Waals surface area contributed by atoms with Crippen molar-refractivity contribution in [3.8, 4) is 0 Å². The van der Waals surface area contributed by atoms with Gasteiger partial charge in [0.25, 0.3) is 0 Å². The number of hydrogen-bond donors (Lipinski definition) is 1. The Labute approximate surface area is 135 Å². The zero-order chi connectivity index (χ0) is 16.0. The van der Waals surface area contributed by atoms with Crippen LogP contribution in [0.2, 0.25) is 0 Å². The van der Waals surface area contributed by atoms with E-state index in [0.29, 0.717) is 6.42 Å². The summed E-state index contributed by atoms with van der Waals surface area (Å²) in [6.07, 6.45) is 9.93. The molecule has 3 nitrogen and oxygen atoms in total. The molecule has 0 saturated heterocycles. The average Bonchev–Trinajstić information content (AvgIpc) is 2.53. The lowest BCUT2D eigenvalue weighted by molar-refractivity contribution is -0.121. The maximum absolute atomic E-state index is 11.7. The van der Waals surface area contributed by atoms with Crippen LogP contribution in [-0.2, 0) is 11.2 Å². The molecule has 0 atom stereocenters. The molecule has 1 N–H and O–H groups in total. The second-order valence-corrected chi connectivity index (χ2v) is 5.92. The third kappa shape index (κ3) is 9.32. The molecule has 0 aliphatic rings. The van der Waals surface area contributed by atoms with Crippen molar-refractivity contribution in [2.24, 2.45) is 5.10 Å². The third-order valence-electron chi connectivity index (χ3n) is 3.68. The van der Waals surface area contributed by atoms with E-state index in [0.717, 1.165) is 25.0 Å². The number of benzene rings is 1. The summed E-state index contributed by atoms with van der Waals surface area (Å²) >= 11 is 0. The van der Waals surface area contributed by atoms with Crippen molar-refractivity contribution in [1.82, 2.24) is 5.43 Å². The van der Waals surface area contributed by atoms with E-state index < -0.39 is 0 Å². The van der Waals surface area contributed by atoms with Crippen molar-refractivity contribution in [1.29, 1.82) is 0 Å². The van der Waals surface area contributed by atoms with E-state index in [2.05, 4.69) is 29.6 Å². The molecule has 122 valence electrons. The lowest BCUT2D eigenvalue weighted by Crippen LogP contribution is -2.19. The molecule has 0 aromatic heterocycles. The number of unbranched alkanes of at least 4 members (excludes halogenated alkanes) is 6. The van der Waals surface area contributed by atoms with Gasteiger partial charge in [-0.3, -0.25) is 4.79 Å². The maximum atomic E-state index is 11.7. The molecule has 0 heterocycles. The van der Waals surface area contributed by atoms with E-state index in [1.54, 1.807) is 0 Å². The number of carbonyl (C=O) groups excluding carboxylic acids is 1. The van der Waals surface area contributed by atoms with Gasteiger partial charge in [0.1, 0.15) is 0 Å². The molecule has 0 saturated carbocycles. The highest BCUT2D eigenvalue weighted by molar-refractivity contribution is 5.86. The quantitative estimate of drug-likeness (QED) is 0.354. The monoisotopic (exact) mass is 302 g/mol. The zero-order valence-corrected chi connectivity index (χ0v) is 14.1. The van der Waals surface area contributed by atoms with Crippen molar-refractivity contribution < 1.29 is 4.79 Å². The van der Waals surface area contributed by atoms with E-state index in [-0.39, 0.29) is 5.91 Å². The number of nitrogens with zero attached hydrogens (tertiary/aromatic N) is 1. The highest BCUT2D eigenvalue weighted by Crippen LogP contribution is 2.08. The molecule has 1 rings (SSSR count). The molecular weight excluding hydrogens is 272 g/mol. The minimum absolute atomic E-state index is 0.0287. The van der Waals surface area contributed by atoms with Crippen LogP contribution in [0.1, 0.15) is 70.8 Å². The summed E-state index contributed by atoms with van der Waals surface area (Å²) in [7, 11) is 0. The summed E-state index contributed by atoms with van der Waals surface area (Å²) in [5, 5.41) is 4.18. The highest BCUT2D eigenvalue weighted by atomic mass is 16.2.